The van der Waals surface area contributed by atoms with Gasteiger partial charge in [0.05, 0.1) is 25.6 Å². The van der Waals surface area contributed by atoms with Crippen molar-refractivity contribution in [1.82, 2.24) is 0 Å². The molecule has 0 saturated heterocycles. The summed E-state index contributed by atoms with van der Waals surface area (Å²) in [4.78, 5) is 0. The topological polar surface area (TPSA) is 42.8 Å². The molecule has 0 radical (unpaired) electrons. The van der Waals surface area contributed by atoms with Gasteiger partial charge >= 0.3 is 0 Å². The Kier molecular flexibility index (Phi) is 5.21. The largest absolute Gasteiger partial charge is 0.493 e. The molecule has 2 aromatic rings. The molecule has 0 amide bonds. The van der Waals surface area contributed by atoms with Gasteiger partial charge in [-0.05, 0) is 49.7 Å². The van der Waals surface area contributed by atoms with E-state index in [0.717, 1.165) is 17.0 Å². The van der Waals surface area contributed by atoms with Crippen molar-refractivity contribution in [1.29, 1.82) is 0 Å². The lowest BCUT2D eigenvalue weighted by atomic mass is 10.2. The van der Waals surface area contributed by atoms with Crippen molar-refractivity contribution >= 4 is 11.9 Å². The van der Waals surface area contributed by atoms with Crippen LogP contribution in [0.15, 0.2) is 47.6 Å². The highest BCUT2D eigenvalue weighted by Gasteiger charge is 2.03. The third kappa shape index (κ3) is 4.24. The Morgan fingerprint density at radius 3 is 2.52 bits per heavy atom. The van der Waals surface area contributed by atoms with Crippen LogP contribution in [0.2, 0.25) is 0 Å². The molecule has 1 N–H and O–H groups in total. The molecule has 4 heteroatoms. The summed E-state index contributed by atoms with van der Waals surface area (Å²) in [6.07, 6.45) is 1.75. The number of nitrogens with zero attached hydrogens (tertiary/aromatic N) is 1. The molecule has 0 aliphatic rings. The second-order valence-corrected chi connectivity index (χ2v) is 4.58. The summed E-state index contributed by atoms with van der Waals surface area (Å²) in [6.45, 7) is 4.61. The Bertz CT molecular complexity index is 607. The van der Waals surface area contributed by atoms with E-state index >= 15 is 0 Å². The molecule has 0 saturated carbocycles. The maximum Gasteiger partial charge on any atom is 0.161 e. The molecule has 0 spiro atoms. The predicted molar refractivity (Wildman–Crippen MR) is 86.6 cm³/mol. The molecule has 0 aliphatic heterocycles. The number of benzene rings is 2. The van der Waals surface area contributed by atoms with Gasteiger partial charge in [0, 0.05) is 0 Å². The molecule has 0 unspecified atom stereocenters. The van der Waals surface area contributed by atoms with Crippen molar-refractivity contribution in [2.45, 2.75) is 13.8 Å². The van der Waals surface area contributed by atoms with Crippen LogP contribution in [0.4, 0.5) is 5.69 Å². The summed E-state index contributed by atoms with van der Waals surface area (Å²) < 4.78 is 10.8. The van der Waals surface area contributed by atoms with Gasteiger partial charge < -0.3 is 9.47 Å². The number of hydrogen-bond acceptors (Lipinski definition) is 4. The van der Waals surface area contributed by atoms with Crippen LogP contribution >= 0.6 is 0 Å². The molecular formula is C17H20N2O2. The molecule has 0 aromatic heterocycles. The van der Waals surface area contributed by atoms with Gasteiger partial charge in [0.15, 0.2) is 11.5 Å². The van der Waals surface area contributed by atoms with Crippen LogP contribution in [0.3, 0.4) is 0 Å². The van der Waals surface area contributed by atoms with Crippen LogP contribution in [0, 0.1) is 6.92 Å². The van der Waals surface area contributed by atoms with Crippen molar-refractivity contribution in [3.05, 3.63) is 53.6 Å². The zero-order valence-electron chi connectivity index (χ0n) is 12.6. The van der Waals surface area contributed by atoms with Gasteiger partial charge in [-0.25, -0.2) is 0 Å². The van der Waals surface area contributed by atoms with Gasteiger partial charge in [0.2, 0.25) is 0 Å². The highest BCUT2D eigenvalue weighted by Crippen LogP contribution is 2.27. The molecule has 21 heavy (non-hydrogen) atoms. The number of hydrogen-bond donors (Lipinski definition) is 1. The van der Waals surface area contributed by atoms with Gasteiger partial charge in [-0.3, -0.25) is 5.43 Å². The fourth-order valence-electron chi connectivity index (χ4n) is 1.85. The number of hydrazone groups is 1. The fraction of sp³-hybridized carbons (Fsp3) is 0.235. The van der Waals surface area contributed by atoms with Crippen molar-refractivity contribution in [2.75, 3.05) is 19.1 Å². The predicted octanol–water partition coefficient (Wildman–Crippen LogP) is 3.85. The maximum atomic E-state index is 5.48. The number of aryl methyl sites for hydroxylation is 1. The van der Waals surface area contributed by atoms with E-state index in [-0.39, 0.29) is 0 Å². The highest BCUT2D eigenvalue weighted by molar-refractivity contribution is 5.81. The summed E-state index contributed by atoms with van der Waals surface area (Å²) >= 11 is 0. The van der Waals surface area contributed by atoms with E-state index < -0.39 is 0 Å². The Labute approximate surface area is 125 Å². The third-order valence-corrected chi connectivity index (χ3v) is 2.95. The number of nitrogens with one attached hydrogen (secondary N) is 1. The minimum absolute atomic E-state index is 0.610. The van der Waals surface area contributed by atoms with E-state index in [9.17, 15) is 0 Å². The fourth-order valence-corrected chi connectivity index (χ4v) is 1.85. The number of rotatable bonds is 6. The third-order valence-electron chi connectivity index (χ3n) is 2.95. The van der Waals surface area contributed by atoms with Crippen molar-refractivity contribution in [2.24, 2.45) is 5.10 Å². The molecule has 0 fully saturated rings. The molecule has 0 heterocycles. The number of ether oxygens (including phenoxy) is 2. The Morgan fingerprint density at radius 1 is 1.10 bits per heavy atom. The smallest absolute Gasteiger partial charge is 0.161 e. The summed E-state index contributed by atoms with van der Waals surface area (Å²) in [5.41, 5.74) is 6.11. The van der Waals surface area contributed by atoms with E-state index in [2.05, 4.69) is 17.5 Å². The standard InChI is InChI=1S/C17H20N2O2/c1-4-21-16-10-7-14(11-17(16)20-3)12-18-19-15-8-5-13(2)6-9-15/h5-12,19H,4H2,1-3H3/b18-12-. The second kappa shape index (κ2) is 7.33. The molecule has 2 rings (SSSR count). The van der Waals surface area contributed by atoms with Gasteiger partial charge in [-0.2, -0.15) is 5.10 Å². The zero-order chi connectivity index (χ0) is 15.1. The van der Waals surface area contributed by atoms with Gasteiger partial charge in [-0.1, -0.05) is 17.7 Å². The summed E-state index contributed by atoms with van der Waals surface area (Å²) in [7, 11) is 1.63. The first kappa shape index (κ1) is 14.9. The van der Waals surface area contributed by atoms with Crippen LogP contribution in [0.1, 0.15) is 18.1 Å². The number of methoxy groups -OCH3 is 1. The molecular weight excluding hydrogens is 264 g/mol. The first-order valence-corrected chi connectivity index (χ1v) is 6.89. The SMILES string of the molecule is CCOc1ccc(/C=N\Nc2ccc(C)cc2)cc1OC. The van der Waals surface area contributed by atoms with Gasteiger partial charge in [-0.15, -0.1) is 0 Å². The Hall–Kier alpha value is -2.49. The van der Waals surface area contributed by atoms with E-state index in [4.69, 9.17) is 9.47 Å². The summed E-state index contributed by atoms with van der Waals surface area (Å²) in [5, 5.41) is 4.22. The lowest BCUT2D eigenvalue weighted by Crippen LogP contribution is -1.96. The number of anilines is 1. The lowest BCUT2D eigenvalue weighted by Gasteiger charge is -2.09. The molecule has 2 aromatic carbocycles. The van der Waals surface area contributed by atoms with Gasteiger partial charge in [0.1, 0.15) is 0 Å². The monoisotopic (exact) mass is 284 g/mol. The van der Waals surface area contributed by atoms with Crippen LogP contribution < -0.4 is 14.9 Å². The minimum Gasteiger partial charge on any atom is -0.493 e. The van der Waals surface area contributed by atoms with E-state index in [1.165, 1.54) is 5.56 Å². The van der Waals surface area contributed by atoms with Crippen LogP contribution in [-0.4, -0.2) is 19.9 Å². The van der Waals surface area contributed by atoms with Crippen molar-refractivity contribution in [3.8, 4) is 11.5 Å². The van der Waals surface area contributed by atoms with E-state index in [1.807, 2.05) is 49.4 Å². The van der Waals surface area contributed by atoms with Crippen molar-refractivity contribution in [3.63, 3.8) is 0 Å². The van der Waals surface area contributed by atoms with Crippen molar-refractivity contribution < 1.29 is 9.47 Å². The quantitative estimate of drug-likeness (QED) is 0.647. The first-order chi connectivity index (χ1) is 10.2. The van der Waals surface area contributed by atoms with Crippen LogP contribution in [-0.2, 0) is 0 Å². The molecule has 0 atom stereocenters. The Morgan fingerprint density at radius 2 is 1.86 bits per heavy atom. The maximum absolute atomic E-state index is 5.48. The van der Waals surface area contributed by atoms with Crippen LogP contribution in [0.25, 0.3) is 0 Å². The molecule has 0 aliphatic carbocycles. The average molecular weight is 284 g/mol. The van der Waals surface area contributed by atoms with Gasteiger partial charge in [0.25, 0.3) is 0 Å². The normalized spacial score (nSPS) is 10.6. The van der Waals surface area contributed by atoms with E-state index in [1.54, 1.807) is 13.3 Å². The molecule has 0 bridgehead atoms. The van der Waals surface area contributed by atoms with E-state index in [0.29, 0.717) is 12.4 Å². The Balaban J connectivity index is 2.05. The van der Waals surface area contributed by atoms with Crippen LogP contribution in [0.5, 0.6) is 11.5 Å². The first-order valence-electron chi connectivity index (χ1n) is 6.89. The molecule has 110 valence electrons. The minimum atomic E-state index is 0.610. The molecule has 4 nitrogen and oxygen atoms in total. The summed E-state index contributed by atoms with van der Waals surface area (Å²) in [6, 6.07) is 13.8. The lowest BCUT2D eigenvalue weighted by molar-refractivity contribution is 0.311. The second-order valence-electron chi connectivity index (χ2n) is 4.58. The summed E-state index contributed by atoms with van der Waals surface area (Å²) in [5.74, 6) is 1.44. The zero-order valence-corrected chi connectivity index (χ0v) is 12.6. The highest BCUT2D eigenvalue weighted by atomic mass is 16.5. The average Bonchev–Trinajstić information content (AvgIpc) is 2.51.